The first kappa shape index (κ1) is 41.2. The molecule has 3 heterocycles. The monoisotopic (exact) mass is 850 g/mol. The number of carbonyl (C=O) groups is 1. The van der Waals surface area contributed by atoms with Gasteiger partial charge in [-0.1, -0.05) is 23.6 Å². The van der Waals surface area contributed by atoms with Crippen LogP contribution in [0.1, 0.15) is 78.1 Å². The van der Waals surface area contributed by atoms with Crippen LogP contribution in [0.4, 0.5) is 36.4 Å². The lowest BCUT2D eigenvalue weighted by molar-refractivity contribution is -0.142. The molecule has 0 amide bonds. The van der Waals surface area contributed by atoms with Gasteiger partial charge in [-0.15, -0.1) is 0 Å². The van der Waals surface area contributed by atoms with E-state index in [1.165, 1.54) is 37.7 Å². The first-order valence-corrected chi connectivity index (χ1v) is 20.2. The molecule has 2 aliphatic carbocycles. The minimum Gasteiger partial charge on any atom is -0.396 e. The van der Waals surface area contributed by atoms with Crippen LogP contribution in [-0.4, -0.2) is 55.7 Å². The number of aromatic nitrogens is 5. The van der Waals surface area contributed by atoms with Crippen LogP contribution in [0.25, 0.3) is 22.0 Å². The number of fused-ring (bicyclic) bond motifs is 4. The number of halogens is 8. The average molecular weight is 851 g/mol. The highest BCUT2D eigenvalue weighted by atomic mass is 35.5. The summed E-state index contributed by atoms with van der Waals surface area (Å²) in [5.41, 5.74) is 2.73. The molecular formula is C39H34ClF7N6O4S. The summed E-state index contributed by atoms with van der Waals surface area (Å²) in [5.74, 6) is -5.22. The first-order chi connectivity index (χ1) is 26.8. The van der Waals surface area contributed by atoms with Crippen LogP contribution in [0.2, 0.25) is 5.02 Å². The van der Waals surface area contributed by atoms with Gasteiger partial charge >= 0.3 is 6.18 Å². The van der Waals surface area contributed by atoms with E-state index >= 15 is 8.78 Å². The van der Waals surface area contributed by atoms with Crippen LogP contribution in [-0.2, 0) is 52.5 Å². The number of Topliss-reactive ketones (excluding diaryl/α,β-unsaturated/α-hetero) is 1. The standard InChI is InChI=1S/C39H34ClF7N6O4S/c1-37(2,55)8-7-29-28(48)15-24(23-5-6-27(40)32-30(17-58(4,56)57)50-52(3)34(23)32)33(49-29)19(9-18-10-20(41)13-21(42)11-18)12-22(54)16-53-36-31(35(51-53)39(45,46)47)25-14-26(25)38(36,43)44/h5-6,10-11,13,15,19,25-26,55H,9,12,14,16-17,48H2,1-4H3/t19-,25+,26-/m1/s1. The number of nitrogens with zero attached hydrogens (tertiary/aromatic N) is 5. The summed E-state index contributed by atoms with van der Waals surface area (Å²) in [6, 6.07) is 7.11. The molecule has 0 radical (unpaired) electrons. The summed E-state index contributed by atoms with van der Waals surface area (Å²) in [7, 11) is -2.09. The molecule has 306 valence electrons. The third-order valence-corrected chi connectivity index (χ3v) is 11.2. The molecule has 0 bridgehead atoms. The lowest BCUT2D eigenvalue weighted by Crippen LogP contribution is -2.24. The molecule has 3 aromatic heterocycles. The molecule has 1 fully saturated rings. The van der Waals surface area contributed by atoms with Crippen molar-refractivity contribution in [3.8, 4) is 23.0 Å². The van der Waals surface area contributed by atoms with Gasteiger partial charge in [0.15, 0.2) is 21.3 Å². The van der Waals surface area contributed by atoms with Crippen molar-refractivity contribution in [2.45, 2.75) is 74.9 Å². The molecule has 3 N–H and O–H groups in total. The lowest BCUT2D eigenvalue weighted by Gasteiger charge is -2.22. The second kappa shape index (κ2) is 14.1. The summed E-state index contributed by atoms with van der Waals surface area (Å²) in [6.07, 6.45) is -5.16. The number of nitrogens with two attached hydrogens (primary N) is 1. The van der Waals surface area contributed by atoms with Gasteiger partial charge in [-0.3, -0.25) is 14.2 Å². The van der Waals surface area contributed by atoms with Gasteiger partial charge in [0.25, 0.3) is 5.92 Å². The average Bonchev–Trinajstić information content (AvgIpc) is 3.61. The van der Waals surface area contributed by atoms with Crippen LogP contribution in [0.5, 0.6) is 0 Å². The summed E-state index contributed by atoms with van der Waals surface area (Å²) in [4.78, 5) is 18.8. The number of rotatable bonds is 10. The van der Waals surface area contributed by atoms with Crippen molar-refractivity contribution < 1.29 is 49.1 Å². The summed E-state index contributed by atoms with van der Waals surface area (Å²) < 4.78 is 129. The fourth-order valence-corrected chi connectivity index (χ4v) is 8.75. The van der Waals surface area contributed by atoms with E-state index in [2.05, 4.69) is 22.0 Å². The minimum absolute atomic E-state index is 0.0217. The molecule has 10 nitrogen and oxygen atoms in total. The van der Waals surface area contributed by atoms with E-state index < -0.39 is 98.4 Å². The third kappa shape index (κ3) is 7.91. The molecule has 2 aliphatic rings. The molecule has 0 spiro atoms. The maximum atomic E-state index is 15.4. The fraction of sp³-hybridized carbons (Fsp3) is 0.385. The molecule has 0 unspecified atom stereocenters. The van der Waals surface area contributed by atoms with Crippen molar-refractivity contribution in [1.29, 1.82) is 0 Å². The Labute approximate surface area is 332 Å². The molecule has 1 saturated carbocycles. The predicted molar refractivity (Wildman–Crippen MR) is 199 cm³/mol. The number of hydrogen-bond donors (Lipinski definition) is 2. The van der Waals surface area contributed by atoms with Gasteiger partial charge in [-0.25, -0.2) is 22.2 Å². The number of pyridine rings is 1. The van der Waals surface area contributed by atoms with Crippen molar-refractivity contribution in [1.82, 2.24) is 24.5 Å². The summed E-state index contributed by atoms with van der Waals surface area (Å²) in [6.45, 7) is 1.80. The Morgan fingerprint density at radius 1 is 1.10 bits per heavy atom. The number of anilines is 1. The number of aryl methyl sites for hydroxylation is 1. The molecular weight excluding hydrogens is 817 g/mol. The zero-order valence-corrected chi connectivity index (χ0v) is 32.7. The lowest BCUT2D eigenvalue weighted by atomic mass is 9.86. The number of sulfone groups is 1. The van der Waals surface area contributed by atoms with Crippen molar-refractivity contribution >= 4 is 43.8 Å². The third-order valence-electron chi connectivity index (χ3n) is 10.1. The number of nitrogen functional groups attached to an aromatic ring is 1. The van der Waals surface area contributed by atoms with Crippen LogP contribution in [0, 0.1) is 29.4 Å². The maximum absolute atomic E-state index is 15.4. The van der Waals surface area contributed by atoms with Crippen molar-refractivity contribution in [2.75, 3.05) is 12.0 Å². The summed E-state index contributed by atoms with van der Waals surface area (Å²) in [5, 5.41) is 18.6. The van der Waals surface area contributed by atoms with Gasteiger partial charge in [0.1, 0.15) is 35.2 Å². The highest BCUT2D eigenvalue weighted by Crippen LogP contribution is 2.68. The van der Waals surface area contributed by atoms with Gasteiger partial charge in [0.05, 0.1) is 33.4 Å². The van der Waals surface area contributed by atoms with E-state index in [9.17, 15) is 40.3 Å². The van der Waals surface area contributed by atoms with Crippen LogP contribution < -0.4 is 5.73 Å². The topological polar surface area (TPSA) is 146 Å². The van der Waals surface area contributed by atoms with E-state index in [0.29, 0.717) is 21.8 Å². The number of alkyl halides is 5. The minimum atomic E-state index is -5.07. The van der Waals surface area contributed by atoms with Crippen LogP contribution in [0.15, 0.2) is 36.4 Å². The van der Waals surface area contributed by atoms with Gasteiger partial charge in [-0.2, -0.15) is 32.1 Å². The van der Waals surface area contributed by atoms with E-state index in [4.69, 9.17) is 22.3 Å². The van der Waals surface area contributed by atoms with Crippen LogP contribution in [0.3, 0.4) is 0 Å². The highest BCUT2D eigenvalue weighted by molar-refractivity contribution is 7.89. The normalized spacial score (nSPS) is 17.8. The Morgan fingerprint density at radius 3 is 2.40 bits per heavy atom. The summed E-state index contributed by atoms with van der Waals surface area (Å²) >= 11 is 6.61. The van der Waals surface area contributed by atoms with E-state index in [1.807, 2.05) is 0 Å². The predicted octanol–water partition coefficient (Wildman–Crippen LogP) is 7.23. The zero-order chi connectivity index (χ0) is 42.4. The highest BCUT2D eigenvalue weighted by Gasteiger charge is 2.68. The largest absolute Gasteiger partial charge is 0.435 e. The number of hydrogen-bond acceptors (Lipinski definition) is 8. The molecule has 3 atom stereocenters. The fourth-order valence-electron chi connectivity index (χ4n) is 7.79. The SMILES string of the molecule is Cn1nc(CS(C)(=O)=O)c2c(Cl)ccc(-c3cc(N)c(C#CC(C)(C)O)nc3[C@@H](CC(=O)Cn3nc(C(F)(F)F)c4c3C(F)(F)[C@@H]3C[C@H]43)Cc3cc(F)cc(F)c3)c21. The van der Waals surface area contributed by atoms with Gasteiger partial charge in [-0.05, 0) is 68.4 Å². The molecule has 19 heteroatoms. The van der Waals surface area contributed by atoms with Crippen molar-refractivity contribution in [3.63, 3.8) is 0 Å². The quantitative estimate of drug-likeness (QED) is 0.111. The first-order valence-electron chi connectivity index (χ1n) is 17.7. The Hall–Kier alpha value is -4.99. The Kier molecular flexibility index (Phi) is 10.0. The molecule has 58 heavy (non-hydrogen) atoms. The molecule has 5 aromatic rings. The number of carbonyl (C=O) groups excluding carboxylic acids is 1. The smallest absolute Gasteiger partial charge is 0.396 e. The molecule has 0 aliphatic heterocycles. The Bertz CT molecular complexity index is 2690. The number of aliphatic hydroxyl groups is 1. The molecule has 2 aromatic carbocycles. The van der Waals surface area contributed by atoms with E-state index in [1.54, 1.807) is 6.07 Å². The number of benzene rings is 2. The zero-order valence-electron chi connectivity index (χ0n) is 31.1. The Balaban J connectivity index is 1.41. The second-order valence-corrected chi connectivity index (χ2v) is 17.9. The molecule has 0 saturated heterocycles. The van der Waals surface area contributed by atoms with Gasteiger partial charge < -0.3 is 10.8 Å². The van der Waals surface area contributed by atoms with Gasteiger partial charge in [0, 0.05) is 59.7 Å². The van der Waals surface area contributed by atoms with Crippen LogP contribution >= 0.6 is 11.6 Å². The Morgan fingerprint density at radius 2 is 1.78 bits per heavy atom. The van der Waals surface area contributed by atoms with Crippen molar-refractivity contribution in [2.24, 2.45) is 13.0 Å². The van der Waals surface area contributed by atoms with E-state index in [-0.39, 0.29) is 57.1 Å². The van der Waals surface area contributed by atoms with Gasteiger partial charge in [0.2, 0.25) is 0 Å². The van der Waals surface area contributed by atoms with E-state index in [0.717, 1.165) is 18.4 Å². The maximum Gasteiger partial charge on any atom is 0.435 e. The number of ketones is 1. The van der Waals surface area contributed by atoms with Crippen molar-refractivity contribution in [3.05, 3.63) is 92.7 Å². The second-order valence-electron chi connectivity index (χ2n) is 15.4. The molecule has 7 rings (SSSR count).